The molecule has 2 N–H and O–H groups in total. The topological polar surface area (TPSA) is 107 Å². The van der Waals surface area contributed by atoms with Crippen LogP contribution < -0.4 is 10.2 Å². The largest absolute Gasteiger partial charge is 0.466 e. The Morgan fingerprint density at radius 2 is 1.75 bits per heavy atom. The van der Waals surface area contributed by atoms with Crippen molar-refractivity contribution in [1.82, 2.24) is 20.2 Å². The van der Waals surface area contributed by atoms with Gasteiger partial charge in [-0.05, 0) is 44.2 Å². The van der Waals surface area contributed by atoms with Crippen molar-refractivity contribution in [3.05, 3.63) is 115 Å². The Bertz CT molecular complexity index is 1460. The van der Waals surface area contributed by atoms with Crippen molar-refractivity contribution in [2.45, 2.75) is 38.1 Å². The minimum atomic E-state index is -0.203. The van der Waals surface area contributed by atoms with Gasteiger partial charge in [-0.1, -0.05) is 47.6 Å². The molecule has 204 valence electrons. The molecule has 10 heteroatoms. The second-order valence-corrected chi connectivity index (χ2v) is 9.48. The number of rotatable bonds is 10. The summed E-state index contributed by atoms with van der Waals surface area (Å²) < 4.78 is 22.3. The Balaban J connectivity index is 1.28. The third-order valence-corrected chi connectivity index (χ3v) is 6.74. The zero-order chi connectivity index (χ0) is 27.0. The van der Waals surface area contributed by atoms with Crippen molar-refractivity contribution in [2.75, 3.05) is 16.8 Å². The predicted molar refractivity (Wildman–Crippen MR) is 151 cm³/mol. The molecular weight excluding hydrogens is 508 g/mol. The lowest BCUT2D eigenvalue weighted by Crippen LogP contribution is -2.28. The summed E-state index contributed by atoms with van der Waals surface area (Å²) in [4.78, 5) is 11.4. The first-order valence-electron chi connectivity index (χ1n) is 13.3. The van der Waals surface area contributed by atoms with Gasteiger partial charge in [0, 0.05) is 6.20 Å². The molecule has 4 aliphatic rings. The summed E-state index contributed by atoms with van der Waals surface area (Å²) in [7, 11) is 0. The van der Waals surface area contributed by atoms with Gasteiger partial charge in [-0.2, -0.15) is 4.98 Å². The molecule has 0 radical (unpaired) electrons. The zero-order valence-electron chi connectivity index (χ0n) is 21.9. The highest BCUT2D eigenvalue weighted by molar-refractivity contribution is 5.71. The number of H-pyrrole nitrogens is 1. The van der Waals surface area contributed by atoms with Crippen molar-refractivity contribution in [3.63, 3.8) is 0 Å². The second kappa shape index (κ2) is 12.2. The lowest BCUT2D eigenvalue weighted by molar-refractivity contribution is 0.240. The van der Waals surface area contributed by atoms with E-state index in [-0.39, 0.29) is 6.04 Å². The van der Waals surface area contributed by atoms with Crippen LogP contribution in [0.2, 0.25) is 0 Å². The van der Waals surface area contributed by atoms with Gasteiger partial charge in [-0.3, -0.25) is 10.00 Å². The van der Waals surface area contributed by atoms with Crippen LogP contribution in [0.3, 0.4) is 0 Å². The first kappa shape index (κ1) is 25.3. The number of nitrogens with zero attached hydrogens (tertiary/aromatic N) is 4. The highest BCUT2D eigenvalue weighted by Crippen LogP contribution is 2.31. The lowest BCUT2D eigenvalue weighted by Gasteiger charge is -2.25. The predicted octanol–water partition coefficient (Wildman–Crippen LogP) is 6.07. The molecule has 1 unspecified atom stereocenters. The number of pyridine rings is 1. The van der Waals surface area contributed by atoms with Crippen molar-refractivity contribution in [3.8, 4) is 11.4 Å². The number of ether oxygens (including phenoxy) is 4. The number of aromatic nitrogens is 4. The zero-order valence-corrected chi connectivity index (χ0v) is 21.9. The minimum absolute atomic E-state index is 0.203. The lowest BCUT2D eigenvalue weighted by atomic mass is 9.97. The summed E-state index contributed by atoms with van der Waals surface area (Å²) in [6, 6.07) is 3.62. The maximum Gasteiger partial charge on any atom is 0.252 e. The number of nitrogens with one attached hydrogen (secondary N) is 2. The smallest absolute Gasteiger partial charge is 0.252 e. The Kier molecular flexibility index (Phi) is 7.75. The van der Waals surface area contributed by atoms with E-state index >= 15 is 0 Å². The van der Waals surface area contributed by atoms with Crippen LogP contribution in [0, 0.1) is 0 Å². The van der Waals surface area contributed by atoms with E-state index in [9.17, 15) is 0 Å². The van der Waals surface area contributed by atoms with E-state index in [1.165, 1.54) is 36.2 Å². The molecule has 0 saturated heterocycles. The van der Waals surface area contributed by atoms with E-state index in [4.69, 9.17) is 23.9 Å². The highest BCUT2D eigenvalue weighted by Gasteiger charge is 2.25. The number of hydrogen-bond acceptors (Lipinski definition) is 9. The quantitative estimate of drug-likeness (QED) is 0.373. The molecule has 2 aliphatic carbocycles. The Labute approximate surface area is 232 Å². The maximum atomic E-state index is 5.80. The SMILES string of the molecule is C1=CCCC(CC(Nc2ncccc2-c2nc(N(CC3=CC=CCC3)C3=COC=CO3)n[nH]2)C2=COC=CO2)=C1. The van der Waals surface area contributed by atoms with Crippen molar-refractivity contribution < 1.29 is 18.9 Å². The van der Waals surface area contributed by atoms with Crippen LogP contribution in [-0.2, 0) is 18.9 Å². The molecule has 2 aromatic rings. The van der Waals surface area contributed by atoms with E-state index in [2.05, 4.69) is 57.0 Å². The van der Waals surface area contributed by atoms with Gasteiger partial charge >= 0.3 is 0 Å². The molecule has 10 nitrogen and oxygen atoms in total. The molecule has 0 bridgehead atoms. The van der Waals surface area contributed by atoms with Crippen LogP contribution in [0.1, 0.15) is 32.1 Å². The monoisotopic (exact) mass is 538 g/mol. The van der Waals surface area contributed by atoms with Crippen LogP contribution in [0.15, 0.2) is 115 Å². The first-order valence-corrected chi connectivity index (χ1v) is 13.3. The summed E-state index contributed by atoms with van der Waals surface area (Å²) in [5.74, 6) is 2.83. The molecule has 1 atom stereocenters. The molecule has 0 saturated carbocycles. The number of allylic oxidation sites excluding steroid dienone is 6. The van der Waals surface area contributed by atoms with Crippen LogP contribution in [0.5, 0.6) is 0 Å². The van der Waals surface area contributed by atoms with Gasteiger partial charge in [0.05, 0.1) is 18.2 Å². The summed E-state index contributed by atoms with van der Waals surface area (Å²) in [5, 5.41) is 11.2. The van der Waals surface area contributed by atoms with Gasteiger partial charge in [0.15, 0.2) is 17.8 Å². The molecule has 0 amide bonds. The fourth-order valence-electron chi connectivity index (χ4n) is 4.73. The van der Waals surface area contributed by atoms with Gasteiger partial charge < -0.3 is 24.3 Å². The van der Waals surface area contributed by atoms with Gasteiger partial charge in [0.25, 0.3) is 5.95 Å². The third kappa shape index (κ3) is 6.01. The van der Waals surface area contributed by atoms with Crippen LogP contribution in [0.4, 0.5) is 11.8 Å². The Morgan fingerprint density at radius 3 is 2.48 bits per heavy atom. The van der Waals surface area contributed by atoms with Gasteiger partial charge in [0.1, 0.15) is 37.1 Å². The van der Waals surface area contributed by atoms with E-state index in [1.54, 1.807) is 18.7 Å². The van der Waals surface area contributed by atoms with Crippen LogP contribution >= 0.6 is 0 Å². The van der Waals surface area contributed by atoms with Crippen LogP contribution in [-0.4, -0.2) is 32.8 Å². The molecular formula is C30H30N6O4. The molecule has 2 aliphatic heterocycles. The summed E-state index contributed by atoms with van der Waals surface area (Å²) in [6.45, 7) is 0.563. The third-order valence-electron chi connectivity index (χ3n) is 6.74. The molecule has 40 heavy (non-hydrogen) atoms. The molecule has 0 aromatic carbocycles. The van der Waals surface area contributed by atoms with E-state index in [1.807, 2.05) is 17.0 Å². The van der Waals surface area contributed by atoms with Gasteiger partial charge in [-0.25, -0.2) is 4.98 Å². The van der Waals surface area contributed by atoms with Crippen molar-refractivity contribution in [1.29, 1.82) is 0 Å². The standard InChI is InChI=1S/C30H30N6O4/c1-3-8-22(9-4-1)18-25(26-20-37-14-16-39-26)32-28-24(12-7-13-31-28)29-33-30(35-34-29)36(27-21-38-15-17-40-27)19-23-10-5-2-6-11-23/h1-3,5,7-8,10,12-17,20-21,25H,4,6,9,11,18-19H2,(H,31,32)(H,33,34,35). The highest BCUT2D eigenvalue weighted by atomic mass is 16.5. The van der Waals surface area contributed by atoms with E-state index in [0.29, 0.717) is 35.8 Å². The second-order valence-electron chi connectivity index (χ2n) is 9.48. The molecule has 0 fully saturated rings. The number of anilines is 2. The first-order chi connectivity index (χ1) is 19.8. The minimum Gasteiger partial charge on any atom is -0.466 e. The van der Waals surface area contributed by atoms with Gasteiger partial charge in [0.2, 0.25) is 5.88 Å². The number of hydrogen-bond donors (Lipinski definition) is 2. The van der Waals surface area contributed by atoms with E-state index < -0.39 is 0 Å². The number of aromatic amines is 1. The molecule has 2 aromatic heterocycles. The summed E-state index contributed by atoms with van der Waals surface area (Å²) >= 11 is 0. The normalized spacial score (nSPS) is 18.2. The van der Waals surface area contributed by atoms with Crippen LogP contribution in [0.25, 0.3) is 11.4 Å². The van der Waals surface area contributed by atoms with Crippen molar-refractivity contribution in [2.24, 2.45) is 0 Å². The summed E-state index contributed by atoms with van der Waals surface area (Å²) in [5.41, 5.74) is 3.33. The molecule has 4 heterocycles. The fourth-order valence-corrected chi connectivity index (χ4v) is 4.73. The summed E-state index contributed by atoms with van der Waals surface area (Å²) in [6.07, 6.45) is 28.4. The average molecular weight is 539 g/mol. The molecule has 0 spiro atoms. The molecule has 6 rings (SSSR count). The van der Waals surface area contributed by atoms with E-state index in [0.717, 1.165) is 37.7 Å². The fraction of sp³-hybridized carbons (Fsp3) is 0.233. The maximum absolute atomic E-state index is 5.80. The van der Waals surface area contributed by atoms with Gasteiger partial charge in [-0.15, -0.1) is 5.10 Å². The van der Waals surface area contributed by atoms with Crippen molar-refractivity contribution >= 4 is 11.8 Å². The Morgan fingerprint density at radius 1 is 0.950 bits per heavy atom. The Hall–Kier alpha value is -4.99. The average Bonchev–Trinajstić information content (AvgIpc) is 3.52.